The van der Waals surface area contributed by atoms with Gasteiger partial charge in [0, 0.05) is 29.2 Å². The molecule has 0 radical (unpaired) electrons. The summed E-state index contributed by atoms with van der Waals surface area (Å²) in [5.41, 5.74) is 3.28. The number of hydrogen-bond acceptors (Lipinski definition) is 4. The summed E-state index contributed by atoms with van der Waals surface area (Å²) in [6.07, 6.45) is 0.293. The van der Waals surface area contributed by atoms with Crippen LogP contribution in [0.2, 0.25) is 10.0 Å². The van der Waals surface area contributed by atoms with Gasteiger partial charge in [0.15, 0.2) is 0 Å². The maximum absolute atomic E-state index is 14.1. The number of anilines is 1. The van der Waals surface area contributed by atoms with E-state index in [0.717, 1.165) is 15.4 Å². The number of carbonyl (C=O) groups is 2. The molecule has 0 aliphatic heterocycles. The van der Waals surface area contributed by atoms with E-state index < -0.39 is 28.5 Å². The van der Waals surface area contributed by atoms with E-state index in [1.54, 1.807) is 50.2 Å². The fraction of sp³-hybridized carbons (Fsp3) is 0.310. The van der Waals surface area contributed by atoms with E-state index in [0.29, 0.717) is 33.3 Å². The zero-order valence-electron chi connectivity index (χ0n) is 22.7. The van der Waals surface area contributed by atoms with Crippen LogP contribution in [0.3, 0.4) is 0 Å². The highest BCUT2D eigenvalue weighted by Crippen LogP contribution is 2.30. The Balaban J connectivity index is 2.14. The summed E-state index contributed by atoms with van der Waals surface area (Å²) in [6, 6.07) is 16.0. The van der Waals surface area contributed by atoms with Crippen LogP contribution in [0.5, 0.6) is 0 Å². The molecule has 3 aromatic carbocycles. The number of likely N-dealkylation sites (N-methyl/N-ethyl adjacent to an activating group) is 1. The minimum atomic E-state index is -4.15. The number of carbonyl (C=O) groups excluding carboxylic acids is 2. The molecule has 7 nitrogen and oxygen atoms in total. The standard InChI is InChI=1S/C29H33Cl2N3O4S/c1-6-26(29(36)32-5)33(17-23-24(30)8-7-9-25(23)31)28(35)18-34(27-16-20(3)10-13-21(27)4)39(37,38)22-14-11-19(2)12-15-22/h7-16,26H,6,17-18H2,1-5H3,(H,32,36)/t26-/m0/s1. The van der Waals surface area contributed by atoms with Gasteiger partial charge in [-0.3, -0.25) is 13.9 Å². The SMILES string of the molecule is CC[C@@H](C(=O)NC)N(Cc1c(Cl)cccc1Cl)C(=O)CN(c1cc(C)ccc1C)S(=O)(=O)c1ccc(C)cc1. The molecule has 1 atom stereocenters. The monoisotopic (exact) mass is 589 g/mol. The molecule has 0 aromatic heterocycles. The second-order valence-corrected chi connectivity index (χ2v) is 12.1. The Labute approximate surface area is 240 Å². The van der Waals surface area contributed by atoms with Crippen LogP contribution in [0.15, 0.2) is 65.6 Å². The third-order valence-electron chi connectivity index (χ3n) is 6.54. The van der Waals surface area contributed by atoms with Crippen LogP contribution in [0.25, 0.3) is 0 Å². The lowest BCUT2D eigenvalue weighted by molar-refractivity contribution is -0.140. The summed E-state index contributed by atoms with van der Waals surface area (Å²) in [4.78, 5) is 28.3. The number of aryl methyl sites for hydroxylation is 3. The normalized spacial score (nSPS) is 12.1. The second kappa shape index (κ2) is 12.9. The van der Waals surface area contributed by atoms with Crippen LogP contribution in [0.1, 0.15) is 35.6 Å². The summed E-state index contributed by atoms with van der Waals surface area (Å²) in [6.45, 7) is 6.68. The van der Waals surface area contributed by atoms with E-state index >= 15 is 0 Å². The molecule has 1 N–H and O–H groups in total. The van der Waals surface area contributed by atoms with E-state index in [9.17, 15) is 18.0 Å². The van der Waals surface area contributed by atoms with Crippen molar-refractivity contribution in [2.75, 3.05) is 17.9 Å². The summed E-state index contributed by atoms with van der Waals surface area (Å²) in [5.74, 6) is -0.952. The topological polar surface area (TPSA) is 86.8 Å². The van der Waals surface area contributed by atoms with Crippen LogP contribution >= 0.6 is 23.2 Å². The van der Waals surface area contributed by atoms with Crippen molar-refractivity contribution < 1.29 is 18.0 Å². The van der Waals surface area contributed by atoms with Gasteiger partial charge >= 0.3 is 0 Å². The van der Waals surface area contributed by atoms with Crippen LogP contribution in [0.4, 0.5) is 5.69 Å². The summed E-state index contributed by atoms with van der Waals surface area (Å²) >= 11 is 12.8. The molecule has 0 saturated carbocycles. The molecule has 0 heterocycles. The van der Waals surface area contributed by atoms with Crippen molar-refractivity contribution in [3.63, 3.8) is 0 Å². The van der Waals surface area contributed by atoms with Gasteiger partial charge in [-0.05, 0) is 68.7 Å². The highest BCUT2D eigenvalue weighted by Gasteiger charge is 2.34. The van der Waals surface area contributed by atoms with Gasteiger partial charge in [0.25, 0.3) is 10.0 Å². The number of benzene rings is 3. The lowest BCUT2D eigenvalue weighted by atomic mass is 10.1. The average Bonchev–Trinajstić information content (AvgIpc) is 2.90. The molecule has 0 unspecified atom stereocenters. The number of nitrogens with zero attached hydrogens (tertiary/aromatic N) is 2. The minimum absolute atomic E-state index is 0.0563. The van der Waals surface area contributed by atoms with Gasteiger partial charge < -0.3 is 10.2 Å². The number of rotatable bonds is 10. The van der Waals surface area contributed by atoms with Gasteiger partial charge in [0.1, 0.15) is 12.6 Å². The number of hydrogen-bond donors (Lipinski definition) is 1. The molecule has 0 aliphatic carbocycles. The van der Waals surface area contributed by atoms with Crippen molar-refractivity contribution in [3.05, 3.63) is 93.0 Å². The van der Waals surface area contributed by atoms with Crippen molar-refractivity contribution in [1.29, 1.82) is 0 Å². The Kier molecular flexibility index (Phi) is 10.0. The van der Waals surface area contributed by atoms with Crippen molar-refractivity contribution in [1.82, 2.24) is 10.2 Å². The van der Waals surface area contributed by atoms with Gasteiger partial charge in [0.2, 0.25) is 11.8 Å². The van der Waals surface area contributed by atoms with Crippen LogP contribution in [-0.4, -0.2) is 44.8 Å². The fourth-order valence-electron chi connectivity index (χ4n) is 4.28. The molecule has 3 aromatic rings. The Morgan fingerprint density at radius 2 is 1.51 bits per heavy atom. The summed E-state index contributed by atoms with van der Waals surface area (Å²) in [5, 5.41) is 3.28. The van der Waals surface area contributed by atoms with E-state index in [-0.39, 0.29) is 17.3 Å². The van der Waals surface area contributed by atoms with Gasteiger partial charge in [-0.25, -0.2) is 8.42 Å². The third-order valence-corrected chi connectivity index (χ3v) is 9.03. The lowest BCUT2D eigenvalue weighted by Gasteiger charge is -2.33. The fourth-order valence-corrected chi connectivity index (χ4v) is 6.27. The molecule has 2 amide bonds. The van der Waals surface area contributed by atoms with E-state index in [1.165, 1.54) is 24.1 Å². The first-order valence-corrected chi connectivity index (χ1v) is 14.7. The van der Waals surface area contributed by atoms with Crippen LogP contribution in [-0.2, 0) is 26.2 Å². The second-order valence-electron chi connectivity index (χ2n) is 9.37. The average molecular weight is 591 g/mol. The Morgan fingerprint density at radius 3 is 2.08 bits per heavy atom. The van der Waals surface area contributed by atoms with Crippen molar-refractivity contribution >= 4 is 50.7 Å². The maximum atomic E-state index is 14.1. The van der Waals surface area contributed by atoms with E-state index in [2.05, 4.69) is 5.32 Å². The van der Waals surface area contributed by atoms with Crippen LogP contribution in [0, 0.1) is 20.8 Å². The zero-order chi connectivity index (χ0) is 28.9. The molecule has 0 spiro atoms. The first kappa shape index (κ1) is 30.5. The molecule has 208 valence electrons. The van der Waals surface area contributed by atoms with Crippen molar-refractivity contribution in [2.45, 2.75) is 51.6 Å². The van der Waals surface area contributed by atoms with Gasteiger partial charge in [-0.15, -0.1) is 0 Å². The summed E-state index contributed by atoms with van der Waals surface area (Å²) in [7, 11) is -2.67. The van der Waals surface area contributed by atoms with Crippen molar-refractivity contribution in [2.24, 2.45) is 0 Å². The lowest BCUT2D eigenvalue weighted by Crippen LogP contribution is -2.52. The molecule has 10 heteroatoms. The number of halogens is 2. The maximum Gasteiger partial charge on any atom is 0.264 e. The third kappa shape index (κ3) is 6.93. The Morgan fingerprint density at radius 1 is 0.923 bits per heavy atom. The van der Waals surface area contributed by atoms with Gasteiger partial charge in [-0.2, -0.15) is 0 Å². The number of nitrogens with one attached hydrogen (secondary N) is 1. The Bertz CT molecular complexity index is 1440. The molecule has 0 saturated heterocycles. The molecule has 39 heavy (non-hydrogen) atoms. The zero-order valence-corrected chi connectivity index (χ0v) is 25.0. The summed E-state index contributed by atoms with van der Waals surface area (Å²) < 4.78 is 29.1. The van der Waals surface area contributed by atoms with E-state index in [4.69, 9.17) is 23.2 Å². The van der Waals surface area contributed by atoms with Crippen molar-refractivity contribution in [3.8, 4) is 0 Å². The smallest absolute Gasteiger partial charge is 0.264 e. The predicted octanol–water partition coefficient (Wildman–Crippen LogP) is 5.67. The van der Waals surface area contributed by atoms with E-state index in [1.807, 2.05) is 26.0 Å². The highest BCUT2D eigenvalue weighted by atomic mass is 35.5. The van der Waals surface area contributed by atoms with Gasteiger partial charge in [-0.1, -0.05) is 66.0 Å². The predicted molar refractivity (Wildman–Crippen MR) is 157 cm³/mol. The number of amides is 2. The molecule has 0 aliphatic rings. The van der Waals surface area contributed by atoms with Gasteiger partial charge in [0.05, 0.1) is 10.6 Å². The molecule has 0 bridgehead atoms. The quantitative estimate of drug-likeness (QED) is 0.330. The molecular weight excluding hydrogens is 557 g/mol. The molecule has 3 rings (SSSR count). The Hall–Kier alpha value is -3.07. The largest absolute Gasteiger partial charge is 0.357 e. The number of sulfonamides is 1. The van der Waals surface area contributed by atoms with Crippen LogP contribution < -0.4 is 9.62 Å². The highest BCUT2D eigenvalue weighted by molar-refractivity contribution is 7.92. The minimum Gasteiger partial charge on any atom is -0.357 e. The first-order valence-electron chi connectivity index (χ1n) is 12.5. The first-order chi connectivity index (χ1) is 18.4. The molecular formula is C29H33Cl2N3O4S. The molecule has 0 fully saturated rings.